The molecule has 176 valence electrons. The van der Waals surface area contributed by atoms with E-state index >= 15 is 0 Å². The lowest BCUT2D eigenvalue weighted by Gasteiger charge is -2.23. The van der Waals surface area contributed by atoms with Crippen LogP contribution in [0.1, 0.15) is 39.2 Å². The molecule has 0 spiro atoms. The maximum Gasteiger partial charge on any atom is 0.408 e. The second kappa shape index (κ2) is 8.66. The minimum absolute atomic E-state index is 0.0677. The van der Waals surface area contributed by atoms with E-state index in [4.69, 9.17) is 16.3 Å². The summed E-state index contributed by atoms with van der Waals surface area (Å²) in [6.07, 6.45) is 2.92. The van der Waals surface area contributed by atoms with E-state index in [1.165, 1.54) is 6.07 Å². The molecular formula is C22H27ClFN7O2. The van der Waals surface area contributed by atoms with Gasteiger partial charge in [-0.25, -0.2) is 9.18 Å². The summed E-state index contributed by atoms with van der Waals surface area (Å²) in [6.45, 7) is 6.34. The number of aromatic nitrogens is 4. The topological polar surface area (TPSA) is 106 Å². The highest BCUT2D eigenvalue weighted by atomic mass is 35.5. The Morgan fingerprint density at radius 1 is 1.27 bits per heavy atom. The van der Waals surface area contributed by atoms with E-state index in [9.17, 15) is 9.18 Å². The van der Waals surface area contributed by atoms with Gasteiger partial charge in [0.15, 0.2) is 5.65 Å². The van der Waals surface area contributed by atoms with Gasteiger partial charge in [0, 0.05) is 20.1 Å². The van der Waals surface area contributed by atoms with Gasteiger partial charge in [0.1, 0.15) is 17.2 Å². The smallest absolute Gasteiger partial charge is 0.408 e. The van der Waals surface area contributed by atoms with Crippen LogP contribution in [0.15, 0.2) is 24.4 Å². The van der Waals surface area contributed by atoms with Gasteiger partial charge in [-0.1, -0.05) is 17.7 Å². The molecule has 1 aliphatic rings. The zero-order valence-corrected chi connectivity index (χ0v) is 19.8. The Bertz CT molecular complexity index is 1190. The zero-order chi connectivity index (χ0) is 23.8. The minimum Gasteiger partial charge on any atom is -0.444 e. The van der Waals surface area contributed by atoms with Gasteiger partial charge in [0.2, 0.25) is 5.95 Å². The second-order valence-corrected chi connectivity index (χ2v) is 9.67. The van der Waals surface area contributed by atoms with Crippen LogP contribution in [0.5, 0.6) is 0 Å². The number of aryl methyl sites for hydroxylation is 1. The van der Waals surface area contributed by atoms with Gasteiger partial charge in [-0.2, -0.15) is 15.1 Å². The van der Waals surface area contributed by atoms with Crippen molar-refractivity contribution in [3.05, 3.63) is 40.8 Å². The number of amides is 1. The maximum atomic E-state index is 13.4. The molecule has 0 unspecified atom stereocenters. The van der Waals surface area contributed by atoms with E-state index in [1.807, 2.05) is 20.8 Å². The van der Waals surface area contributed by atoms with E-state index in [1.54, 1.807) is 30.1 Å². The summed E-state index contributed by atoms with van der Waals surface area (Å²) >= 11 is 5.89. The molecule has 1 saturated carbocycles. The van der Waals surface area contributed by atoms with Crippen molar-refractivity contribution in [2.45, 2.75) is 51.3 Å². The number of nitrogens with zero attached hydrogens (tertiary/aromatic N) is 4. The van der Waals surface area contributed by atoms with Crippen molar-refractivity contribution in [3.63, 3.8) is 0 Å². The number of hydrogen-bond acceptors (Lipinski definition) is 7. The van der Waals surface area contributed by atoms with Gasteiger partial charge < -0.3 is 20.7 Å². The summed E-state index contributed by atoms with van der Waals surface area (Å²) in [5.41, 5.74) is 0.518. The van der Waals surface area contributed by atoms with Gasteiger partial charge in [-0.3, -0.25) is 4.68 Å². The van der Waals surface area contributed by atoms with Crippen molar-refractivity contribution in [2.75, 3.05) is 17.2 Å². The van der Waals surface area contributed by atoms with Crippen LogP contribution in [0.25, 0.3) is 11.0 Å². The fraction of sp³-hybridized carbons (Fsp3) is 0.455. The molecule has 9 nitrogen and oxygen atoms in total. The van der Waals surface area contributed by atoms with E-state index in [0.29, 0.717) is 30.5 Å². The number of fused-ring (bicyclic) bond motifs is 1. The molecule has 33 heavy (non-hydrogen) atoms. The van der Waals surface area contributed by atoms with Crippen LogP contribution in [0.3, 0.4) is 0 Å². The Morgan fingerprint density at radius 3 is 2.70 bits per heavy atom. The number of ether oxygens (including phenoxy) is 1. The van der Waals surface area contributed by atoms with Gasteiger partial charge in [0.05, 0.1) is 22.1 Å². The van der Waals surface area contributed by atoms with Gasteiger partial charge in [-0.05, 0) is 51.3 Å². The largest absolute Gasteiger partial charge is 0.444 e. The fourth-order valence-corrected chi connectivity index (χ4v) is 3.54. The number of anilines is 2. The Morgan fingerprint density at radius 2 is 2.03 bits per heavy atom. The van der Waals surface area contributed by atoms with E-state index in [2.05, 4.69) is 31.0 Å². The molecule has 1 fully saturated rings. The van der Waals surface area contributed by atoms with Gasteiger partial charge in [-0.15, -0.1) is 0 Å². The molecule has 0 radical (unpaired) electrons. The van der Waals surface area contributed by atoms with Crippen molar-refractivity contribution >= 4 is 40.5 Å². The van der Waals surface area contributed by atoms with Crippen molar-refractivity contribution in [1.82, 2.24) is 25.1 Å². The lowest BCUT2D eigenvalue weighted by atomic mass is 10.2. The van der Waals surface area contributed by atoms with Crippen LogP contribution < -0.4 is 16.0 Å². The molecule has 1 amide bonds. The predicted octanol–water partition coefficient (Wildman–Crippen LogP) is 4.24. The first-order valence-corrected chi connectivity index (χ1v) is 11.0. The quantitative estimate of drug-likeness (QED) is 0.469. The third-order valence-electron chi connectivity index (χ3n) is 5.24. The Balaban J connectivity index is 1.47. The van der Waals surface area contributed by atoms with E-state index < -0.39 is 17.5 Å². The van der Waals surface area contributed by atoms with E-state index in [0.717, 1.165) is 23.8 Å². The highest BCUT2D eigenvalue weighted by Crippen LogP contribution is 2.36. The fourth-order valence-electron chi connectivity index (χ4n) is 3.34. The molecule has 0 bridgehead atoms. The summed E-state index contributed by atoms with van der Waals surface area (Å²) in [4.78, 5) is 21.4. The Hall–Kier alpha value is -3.14. The highest BCUT2D eigenvalue weighted by Gasteiger charge is 2.45. The molecule has 0 aliphatic heterocycles. The standard InChI is InChI=1S/C22H27ClFN7O2/c1-21(2,3)33-20(32)30-22(7-8-22)12-26-19-28-17(14-11-27-31(4)18(14)29-19)25-10-13-5-6-16(24)15(23)9-13/h5-6,9,11H,7-8,10,12H2,1-4H3,(H,30,32)(H2,25,26,28,29). The van der Waals surface area contributed by atoms with Crippen LogP contribution in [0.4, 0.5) is 21.0 Å². The number of carbonyl (C=O) groups is 1. The first-order chi connectivity index (χ1) is 15.5. The van der Waals surface area contributed by atoms with Crippen LogP contribution in [-0.4, -0.2) is 43.5 Å². The highest BCUT2D eigenvalue weighted by molar-refractivity contribution is 6.30. The first kappa shape index (κ1) is 23.0. The molecule has 11 heteroatoms. The van der Waals surface area contributed by atoms with Gasteiger partial charge >= 0.3 is 6.09 Å². The summed E-state index contributed by atoms with van der Waals surface area (Å²) in [7, 11) is 1.80. The Labute approximate surface area is 196 Å². The third kappa shape index (κ3) is 5.62. The zero-order valence-electron chi connectivity index (χ0n) is 19.0. The van der Waals surface area contributed by atoms with Crippen molar-refractivity contribution in [1.29, 1.82) is 0 Å². The van der Waals surface area contributed by atoms with Crippen molar-refractivity contribution in [3.8, 4) is 0 Å². The summed E-state index contributed by atoms with van der Waals surface area (Å²) in [6, 6.07) is 4.57. The van der Waals surface area contributed by atoms with Crippen molar-refractivity contribution in [2.24, 2.45) is 7.05 Å². The van der Waals surface area contributed by atoms with E-state index in [-0.39, 0.29) is 10.6 Å². The number of carbonyl (C=O) groups excluding carboxylic acids is 1. The van der Waals surface area contributed by atoms with Crippen LogP contribution in [0.2, 0.25) is 5.02 Å². The summed E-state index contributed by atoms with van der Waals surface area (Å²) in [5, 5.41) is 14.5. The van der Waals surface area contributed by atoms with Crippen LogP contribution in [-0.2, 0) is 18.3 Å². The number of hydrogen-bond donors (Lipinski definition) is 3. The number of halogens is 2. The average molecular weight is 476 g/mol. The van der Waals surface area contributed by atoms with Crippen LogP contribution >= 0.6 is 11.6 Å². The monoisotopic (exact) mass is 475 g/mol. The lowest BCUT2D eigenvalue weighted by molar-refractivity contribution is 0.0500. The van der Waals surface area contributed by atoms with Crippen LogP contribution in [0, 0.1) is 5.82 Å². The summed E-state index contributed by atoms with van der Waals surface area (Å²) < 4.78 is 20.5. The molecule has 4 rings (SSSR count). The number of nitrogens with one attached hydrogen (secondary N) is 3. The Kier molecular flexibility index (Phi) is 6.04. The maximum absolute atomic E-state index is 13.4. The molecule has 0 saturated heterocycles. The van der Waals surface area contributed by atoms with Crippen molar-refractivity contribution < 1.29 is 13.9 Å². The molecule has 2 heterocycles. The molecular weight excluding hydrogens is 449 g/mol. The summed E-state index contributed by atoms with van der Waals surface area (Å²) in [5.74, 6) is 0.529. The SMILES string of the molecule is Cn1ncc2c(NCc3ccc(F)c(Cl)c3)nc(NCC3(NC(=O)OC(C)(C)C)CC3)nc21. The molecule has 3 N–H and O–H groups in total. The predicted molar refractivity (Wildman–Crippen MR) is 125 cm³/mol. The lowest BCUT2D eigenvalue weighted by Crippen LogP contribution is -2.44. The minimum atomic E-state index is -0.559. The molecule has 3 aromatic rings. The second-order valence-electron chi connectivity index (χ2n) is 9.26. The molecule has 1 aliphatic carbocycles. The average Bonchev–Trinajstić information content (AvgIpc) is 3.39. The first-order valence-electron chi connectivity index (χ1n) is 10.7. The molecule has 0 atom stereocenters. The molecule has 2 aromatic heterocycles. The number of benzene rings is 1. The third-order valence-corrected chi connectivity index (χ3v) is 5.53. The molecule has 1 aromatic carbocycles. The number of rotatable bonds is 7. The normalized spacial score (nSPS) is 14.7. The van der Waals surface area contributed by atoms with Gasteiger partial charge in [0.25, 0.3) is 0 Å². The number of alkyl carbamates (subject to hydrolysis) is 1.